The zero-order valence-corrected chi connectivity index (χ0v) is 6.65. The molecule has 0 aliphatic carbocycles. The zero-order valence-electron chi connectivity index (χ0n) is 5.65. The Bertz CT molecular complexity index is 59.9. The van der Waals surface area contributed by atoms with Gasteiger partial charge in [0, 0.05) is 0 Å². The Balaban J connectivity index is 3.11. The van der Waals surface area contributed by atoms with Crippen molar-refractivity contribution in [1.82, 2.24) is 0 Å². The highest BCUT2D eigenvalue weighted by Gasteiger charge is 2.14. The molecule has 50 valence electrons. The molecule has 0 rings (SSSR count). The van der Waals surface area contributed by atoms with Crippen LogP contribution >= 0.6 is 0 Å². The van der Waals surface area contributed by atoms with E-state index < -0.39 is 8.32 Å². The van der Waals surface area contributed by atoms with E-state index in [9.17, 15) is 4.80 Å². The SMILES string of the molecule is C[Si](C)(O)CCCN. The Morgan fingerprint density at radius 1 is 1.50 bits per heavy atom. The van der Waals surface area contributed by atoms with Crippen LogP contribution in [0.4, 0.5) is 0 Å². The highest BCUT2D eigenvalue weighted by molar-refractivity contribution is 6.69. The Hall–Kier alpha value is 0.137. The normalized spacial score (nSPS) is 12.0. The summed E-state index contributed by atoms with van der Waals surface area (Å²) in [5.41, 5.74) is 5.25. The molecule has 0 aromatic heterocycles. The number of nitrogens with two attached hydrogens (primary N) is 1. The standard InChI is InChI=1S/C5H15NOSi/c1-8(2,7)5-3-4-6/h7H,3-6H2,1-2H3. The van der Waals surface area contributed by atoms with E-state index in [1.54, 1.807) is 0 Å². The third kappa shape index (κ3) is 6.14. The number of hydrogen-bond donors (Lipinski definition) is 2. The second-order valence-corrected chi connectivity index (χ2v) is 6.83. The van der Waals surface area contributed by atoms with E-state index in [0.717, 1.165) is 12.5 Å². The summed E-state index contributed by atoms with van der Waals surface area (Å²) in [5, 5.41) is 0. The maximum Gasteiger partial charge on any atom is 0.182 e. The molecule has 0 saturated carbocycles. The van der Waals surface area contributed by atoms with Gasteiger partial charge in [0.15, 0.2) is 8.32 Å². The molecule has 0 radical (unpaired) electrons. The molecular formula is C5H15NOSi. The minimum Gasteiger partial charge on any atom is -0.432 e. The summed E-state index contributed by atoms with van der Waals surface area (Å²) in [5.74, 6) is 0. The minimum absolute atomic E-state index is 0.705. The molecule has 0 heterocycles. The Morgan fingerprint density at radius 3 is 2.12 bits per heavy atom. The van der Waals surface area contributed by atoms with Crippen molar-refractivity contribution in [2.24, 2.45) is 5.73 Å². The van der Waals surface area contributed by atoms with Gasteiger partial charge in [0.1, 0.15) is 0 Å². The first-order valence-corrected chi connectivity index (χ1v) is 6.14. The minimum atomic E-state index is -1.76. The number of hydrogen-bond acceptors (Lipinski definition) is 2. The van der Waals surface area contributed by atoms with Crippen molar-refractivity contribution in [2.45, 2.75) is 25.6 Å². The van der Waals surface area contributed by atoms with Crippen LogP contribution in [-0.2, 0) is 0 Å². The van der Waals surface area contributed by atoms with Crippen molar-refractivity contribution in [3.63, 3.8) is 0 Å². The van der Waals surface area contributed by atoms with Gasteiger partial charge in [-0.05, 0) is 32.1 Å². The molecule has 0 aliphatic rings. The largest absolute Gasteiger partial charge is 0.432 e. The molecule has 0 bridgehead atoms. The van der Waals surface area contributed by atoms with Crippen molar-refractivity contribution in [1.29, 1.82) is 0 Å². The van der Waals surface area contributed by atoms with Gasteiger partial charge in [-0.15, -0.1) is 0 Å². The first kappa shape index (κ1) is 8.14. The van der Waals surface area contributed by atoms with Crippen LogP contribution in [0.1, 0.15) is 6.42 Å². The molecule has 0 aliphatic heterocycles. The third-order valence-electron chi connectivity index (χ3n) is 0.993. The Morgan fingerprint density at radius 2 is 2.00 bits per heavy atom. The maximum atomic E-state index is 9.23. The average Bonchev–Trinajstić information content (AvgIpc) is 1.59. The Labute approximate surface area is 51.8 Å². The van der Waals surface area contributed by atoms with Gasteiger partial charge in [-0.25, -0.2) is 0 Å². The molecular weight excluding hydrogens is 118 g/mol. The molecule has 3 heteroatoms. The molecule has 2 nitrogen and oxygen atoms in total. The molecule has 8 heavy (non-hydrogen) atoms. The first-order valence-electron chi connectivity index (χ1n) is 2.99. The second kappa shape index (κ2) is 3.22. The van der Waals surface area contributed by atoms with Crippen LogP contribution in [0.3, 0.4) is 0 Å². The Kier molecular flexibility index (Phi) is 3.27. The van der Waals surface area contributed by atoms with Crippen molar-refractivity contribution in [3.05, 3.63) is 0 Å². The molecule has 0 aromatic rings. The van der Waals surface area contributed by atoms with Gasteiger partial charge in [-0.1, -0.05) is 0 Å². The average molecular weight is 133 g/mol. The molecule has 0 amide bonds. The van der Waals surface area contributed by atoms with E-state index in [1.807, 2.05) is 13.1 Å². The maximum absolute atomic E-state index is 9.23. The lowest BCUT2D eigenvalue weighted by Crippen LogP contribution is -2.25. The molecule has 0 saturated heterocycles. The van der Waals surface area contributed by atoms with E-state index >= 15 is 0 Å². The quantitative estimate of drug-likeness (QED) is 0.552. The fraction of sp³-hybridized carbons (Fsp3) is 1.00. The summed E-state index contributed by atoms with van der Waals surface area (Å²) < 4.78 is 0. The molecule has 3 N–H and O–H groups in total. The topological polar surface area (TPSA) is 46.2 Å². The van der Waals surface area contributed by atoms with Crippen LogP contribution in [0, 0.1) is 0 Å². The van der Waals surface area contributed by atoms with Gasteiger partial charge >= 0.3 is 0 Å². The van der Waals surface area contributed by atoms with Crippen LogP contribution in [0.2, 0.25) is 19.1 Å². The highest BCUT2D eigenvalue weighted by Crippen LogP contribution is 2.05. The van der Waals surface area contributed by atoms with Crippen LogP contribution in [0.25, 0.3) is 0 Å². The fourth-order valence-electron chi connectivity index (χ4n) is 0.535. The lowest BCUT2D eigenvalue weighted by Gasteiger charge is -2.11. The third-order valence-corrected chi connectivity index (χ3v) is 2.57. The molecule has 0 atom stereocenters. The lowest BCUT2D eigenvalue weighted by molar-refractivity contribution is 0.544. The van der Waals surface area contributed by atoms with E-state index in [-0.39, 0.29) is 0 Å². The van der Waals surface area contributed by atoms with Crippen LogP contribution < -0.4 is 5.73 Å². The van der Waals surface area contributed by atoms with Gasteiger partial charge in [0.2, 0.25) is 0 Å². The molecule has 0 spiro atoms. The summed E-state index contributed by atoms with van der Waals surface area (Å²) in [6, 6.07) is 0.934. The molecule has 0 unspecified atom stereocenters. The lowest BCUT2D eigenvalue weighted by atomic mass is 10.5. The van der Waals surface area contributed by atoms with E-state index in [4.69, 9.17) is 5.73 Å². The van der Waals surface area contributed by atoms with Crippen molar-refractivity contribution >= 4 is 8.32 Å². The highest BCUT2D eigenvalue weighted by atomic mass is 28.4. The van der Waals surface area contributed by atoms with Gasteiger partial charge in [0.05, 0.1) is 0 Å². The molecule has 0 fully saturated rings. The van der Waals surface area contributed by atoms with Crippen molar-refractivity contribution in [2.75, 3.05) is 6.54 Å². The predicted octanol–water partition coefficient (Wildman–Crippen LogP) is 0.533. The summed E-state index contributed by atoms with van der Waals surface area (Å²) in [6.07, 6.45) is 0.968. The summed E-state index contributed by atoms with van der Waals surface area (Å²) >= 11 is 0. The first-order chi connectivity index (χ1) is 3.56. The fourth-order valence-corrected chi connectivity index (χ4v) is 1.60. The van der Waals surface area contributed by atoms with E-state index in [2.05, 4.69) is 0 Å². The van der Waals surface area contributed by atoms with Crippen LogP contribution in [0.15, 0.2) is 0 Å². The van der Waals surface area contributed by atoms with Crippen molar-refractivity contribution < 1.29 is 4.80 Å². The summed E-state index contributed by atoms with van der Waals surface area (Å²) in [6.45, 7) is 4.57. The van der Waals surface area contributed by atoms with Gasteiger partial charge < -0.3 is 10.5 Å². The van der Waals surface area contributed by atoms with E-state index in [1.165, 1.54) is 0 Å². The molecule has 0 aromatic carbocycles. The smallest absolute Gasteiger partial charge is 0.182 e. The van der Waals surface area contributed by atoms with Gasteiger partial charge in [-0.3, -0.25) is 0 Å². The van der Waals surface area contributed by atoms with Crippen molar-refractivity contribution in [3.8, 4) is 0 Å². The van der Waals surface area contributed by atoms with Gasteiger partial charge in [-0.2, -0.15) is 0 Å². The predicted molar refractivity (Wildman–Crippen MR) is 38.2 cm³/mol. The summed E-state index contributed by atoms with van der Waals surface area (Å²) in [7, 11) is -1.76. The monoisotopic (exact) mass is 133 g/mol. The zero-order chi connectivity index (χ0) is 6.62. The van der Waals surface area contributed by atoms with E-state index in [0.29, 0.717) is 6.54 Å². The summed E-state index contributed by atoms with van der Waals surface area (Å²) in [4.78, 5) is 9.23. The number of rotatable bonds is 3. The second-order valence-electron chi connectivity index (χ2n) is 2.70. The van der Waals surface area contributed by atoms with Crippen LogP contribution in [0.5, 0.6) is 0 Å². The van der Waals surface area contributed by atoms with Gasteiger partial charge in [0.25, 0.3) is 0 Å². The van der Waals surface area contributed by atoms with Crippen LogP contribution in [-0.4, -0.2) is 19.7 Å².